The van der Waals surface area contributed by atoms with E-state index in [4.69, 9.17) is 5.84 Å². The van der Waals surface area contributed by atoms with E-state index in [1.165, 1.54) is 5.01 Å². The summed E-state index contributed by atoms with van der Waals surface area (Å²) in [6.45, 7) is 1.94. The number of hydrazone groups is 1. The number of aromatic nitrogens is 1. The summed E-state index contributed by atoms with van der Waals surface area (Å²) in [6.07, 6.45) is 4.17. The van der Waals surface area contributed by atoms with Crippen molar-refractivity contribution in [2.45, 2.75) is 19.5 Å². The van der Waals surface area contributed by atoms with Gasteiger partial charge in [0.1, 0.15) is 5.84 Å². The number of hydrogen-bond acceptors (Lipinski definition) is 6. The predicted molar refractivity (Wildman–Crippen MR) is 60.3 cm³/mol. The second-order valence-corrected chi connectivity index (χ2v) is 3.38. The largest absolute Gasteiger partial charge is 0.299 e. The first-order chi connectivity index (χ1) is 7.77. The van der Waals surface area contributed by atoms with Crippen molar-refractivity contribution in [3.63, 3.8) is 0 Å². The molecule has 6 heteroatoms. The minimum Gasteiger partial charge on any atom is -0.299 e. The van der Waals surface area contributed by atoms with E-state index >= 15 is 0 Å². The number of hydrogen-bond donors (Lipinski definition) is 1. The first-order valence-electron chi connectivity index (χ1n) is 5.04. The van der Waals surface area contributed by atoms with E-state index in [2.05, 4.69) is 10.1 Å². The number of nitrogens with two attached hydrogens (primary N) is 1. The molecule has 84 valence electrons. The number of aldehydes is 1. The summed E-state index contributed by atoms with van der Waals surface area (Å²) in [5, 5.41) is 7.23. The van der Waals surface area contributed by atoms with Crippen LogP contribution in [0.1, 0.15) is 13.3 Å². The van der Waals surface area contributed by atoms with Crippen LogP contribution >= 0.6 is 0 Å². The fourth-order valence-corrected chi connectivity index (χ4v) is 1.58. The topological polar surface area (TPSA) is 74.8 Å². The maximum Gasteiger partial charge on any atom is 0.194 e. The van der Waals surface area contributed by atoms with Crippen LogP contribution in [0.3, 0.4) is 0 Å². The lowest BCUT2D eigenvalue weighted by Gasteiger charge is -2.23. The maximum absolute atomic E-state index is 11.0. The molecule has 1 aromatic rings. The molecule has 0 fully saturated rings. The molecule has 0 radical (unpaired) electrons. The zero-order valence-electron chi connectivity index (χ0n) is 8.95. The van der Waals surface area contributed by atoms with Crippen LogP contribution in [0.25, 0.3) is 0 Å². The van der Waals surface area contributed by atoms with Gasteiger partial charge in [-0.1, -0.05) is 6.92 Å². The second-order valence-electron chi connectivity index (χ2n) is 3.38. The molecule has 0 spiro atoms. The fourth-order valence-electron chi connectivity index (χ4n) is 1.58. The van der Waals surface area contributed by atoms with Gasteiger partial charge in [0.15, 0.2) is 12.5 Å². The monoisotopic (exact) mass is 219 g/mol. The van der Waals surface area contributed by atoms with Gasteiger partial charge in [-0.3, -0.25) is 14.8 Å². The van der Waals surface area contributed by atoms with Gasteiger partial charge < -0.3 is 0 Å². The predicted octanol–water partition coefficient (Wildman–Crippen LogP) is 0.326. The van der Waals surface area contributed by atoms with Crippen molar-refractivity contribution in [2.24, 2.45) is 10.9 Å². The van der Waals surface area contributed by atoms with E-state index < -0.39 is 6.17 Å². The Bertz CT molecular complexity index is 405. The van der Waals surface area contributed by atoms with Crippen LogP contribution in [0.5, 0.6) is 0 Å². The minimum absolute atomic E-state index is 0.584. The number of pyridine rings is 1. The molecule has 2 rings (SSSR count). The Balaban J connectivity index is 2.34. The summed E-state index contributed by atoms with van der Waals surface area (Å²) in [6, 6.07) is 3.62. The highest BCUT2D eigenvalue weighted by atomic mass is 16.1. The van der Waals surface area contributed by atoms with Crippen molar-refractivity contribution >= 4 is 17.8 Å². The lowest BCUT2D eigenvalue weighted by Crippen LogP contribution is -2.47. The average Bonchev–Trinajstić information content (AvgIpc) is 2.66. The van der Waals surface area contributed by atoms with Crippen LogP contribution in [0.2, 0.25) is 0 Å². The highest BCUT2D eigenvalue weighted by Gasteiger charge is 2.31. The molecule has 1 aliphatic rings. The SMILES string of the molecule is CCC1=NN(c2cccnc2)C(C=O)N1N. The lowest BCUT2D eigenvalue weighted by atomic mass is 10.3. The first-order valence-corrected chi connectivity index (χ1v) is 5.04. The van der Waals surface area contributed by atoms with Gasteiger partial charge in [-0.2, -0.15) is 5.10 Å². The van der Waals surface area contributed by atoms with Gasteiger partial charge in [-0.25, -0.2) is 10.9 Å². The normalized spacial score (nSPS) is 19.9. The molecular formula is C10H13N5O. The Kier molecular flexibility index (Phi) is 2.82. The summed E-state index contributed by atoms with van der Waals surface area (Å²) in [5.74, 6) is 6.46. The van der Waals surface area contributed by atoms with E-state index in [1.807, 2.05) is 13.0 Å². The Hall–Kier alpha value is -1.95. The molecule has 0 aliphatic carbocycles. The third kappa shape index (κ3) is 1.63. The lowest BCUT2D eigenvalue weighted by molar-refractivity contribution is -0.111. The zero-order valence-corrected chi connectivity index (χ0v) is 8.95. The molecule has 2 N–H and O–H groups in total. The molecule has 0 bridgehead atoms. The Morgan fingerprint density at radius 3 is 3.00 bits per heavy atom. The van der Waals surface area contributed by atoms with E-state index in [0.717, 1.165) is 12.0 Å². The highest BCUT2D eigenvalue weighted by Crippen LogP contribution is 2.21. The summed E-state index contributed by atoms with van der Waals surface area (Å²) in [4.78, 5) is 15.0. The Morgan fingerprint density at radius 1 is 1.62 bits per heavy atom. The van der Waals surface area contributed by atoms with Crippen molar-refractivity contribution in [3.8, 4) is 0 Å². The number of carbonyl (C=O) groups is 1. The molecule has 0 aromatic carbocycles. The maximum atomic E-state index is 11.0. The van der Waals surface area contributed by atoms with Gasteiger partial charge in [0, 0.05) is 12.6 Å². The van der Waals surface area contributed by atoms with Gasteiger partial charge in [-0.15, -0.1) is 0 Å². The third-order valence-corrected chi connectivity index (χ3v) is 2.41. The van der Waals surface area contributed by atoms with Crippen LogP contribution in [-0.4, -0.2) is 28.3 Å². The fraction of sp³-hybridized carbons (Fsp3) is 0.300. The Morgan fingerprint density at radius 2 is 2.44 bits per heavy atom. The molecule has 0 saturated heterocycles. The van der Waals surface area contributed by atoms with Gasteiger partial charge in [-0.05, 0) is 12.1 Å². The Labute approximate surface area is 93.3 Å². The number of carbonyl (C=O) groups excluding carboxylic acids is 1. The van der Waals surface area contributed by atoms with Crippen LogP contribution < -0.4 is 10.9 Å². The number of amidine groups is 1. The van der Waals surface area contributed by atoms with Crippen LogP contribution in [0.15, 0.2) is 29.6 Å². The third-order valence-electron chi connectivity index (χ3n) is 2.41. The summed E-state index contributed by atoms with van der Waals surface area (Å²) in [7, 11) is 0. The van der Waals surface area contributed by atoms with Gasteiger partial charge in [0.2, 0.25) is 0 Å². The van der Waals surface area contributed by atoms with Gasteiger partial charge >= 0.3 is 0 Å². The van der Waals surface area contributed by atoms with Crippen molar-refractivity contribution < 1.29 is 4.79 Å². The number of nitrogens with zero attached hydrogens (tertiary/aromatic N) is 4. The number of hydrazine groups is 1. The number of rotatable bonds is 3. The van der Waals surface area contributed by atoms with Gasteiger partial charge in [0.05, 0.1) is 11.9 Å². The first kappa shape index (κ1) is 10.6. The molecule has 1 unspecified atom stereocenters. The molecule has 0 saturated carbocycles. The number of anilines is 1. The van der Waals surface area contributed by atoms with E-state index in [-0.39, 0.29) is 0 Å². The van der Waals surface area contributed by atoms with Crippen LogP contribution in [0, 0.1) is 0 Å². The van der Waals surface area contributed by atoms with Crippen molar-refractivity contribution in [3.05, 3.63) is 24.5 Å². The summed E-state index contributed by atoms with van der Waals surface area (Å²) >= 11 is 0. The van der Waals surface area contributed by atoms with Crippen LogP contribution in [0.4, 0.5) is 5.69 Å². The molecule has 0 amide bonds. The van der Waals surface area contributed by atoms with Crippen molar-refractivity contribution in [1.29, 1.82) is 0 Å². The molecule has 6 nitrogen and oxygen atoms in total. The summed E-state index contributed by atoms with van der Waals surface area (Å²) < 4.78 is 0. The minimum atomic E-state index is -0.584. The molecular weight excluding hydrogens is 206 g/mol. The van der Waals surface area contributed by atoms with Crippen molar-refractivity contribution in [2.75, 3.05) is 5.01 Å². The van der Waals surface area contributed by atoms with Gasteiger partial charge in [0.25, 0.3) is 0 Å². The molecule has 1 aliphatic heterocycles. The van der Waals surface area contributed by atoms with E-state index in [0.29, 0.717) is 12.3 Å². The average molecular weight is 219 g/mol. The standard InChI is InChI=1S/C10H13N5O/c1-2-9-13-15(10(7-16)14(9)11)8-4-3-5-12-6-8/h3-7,10H,2,11H2,1H3. The summed E-state index contributed by atoms with van der Waals surface area (Å²) in [5.41, 5.74) is 0.749. The van der Waals surface area contributed by atoms with E-state index in [1.54, 1.807) is 23.5 Å². The highest BCUT2D eigenvalue weighted by molar-refractivity contribution is 5.89. The smallest absolute Gasteiger partial charge is 0.194 e. The van der Waals surface area contributed by atoms with Crippen LogP contribution in [-0.2, 0) is 4.79 Å². The molecule has 16 heavy (non-hydrogen) atoms. The second kappa shape index (κ2) is 4.28. The van der Waals surface area contributed by atoms with Crippen molar-refractivity contribution in [1.82, 2.24) is 9.99 Å². The molecule has 2 heterocycles. The van der Waals surface area contributed by atoms with E-state index in [9.17, 15) is 4.79 Å². The quantitative estimate of drug-likeness (QED) is 0.585. The molecule has 1 atom stereocenters. The zero-order chi connectivity index (χ0) is 11.5. The molecule has 1 aromatic heterocycles.